The van der Waals surface area contributed by atoms with Crippen molar-refractivity contribution in [3.63, 3.8) is 0 Å². The molecule has 1 saturated heterocycles. The molecule has 0 aliphatic carbocycles. The summed E-state index contributed by atoms with van der Waals surface area (Å²) in [6, 6.07) is 3.28. The number of fused-ring (bicyclic) bond motifs is 1. The molecule has 1 aromatic carbocycles. The van der Waals surface area contributed by atoms with Gasteiger partial charge in [-0.25, -0.2) is 4.63 Å². The highest BCUT2D eigenvalue weighted by atomic mass is 16.6. The summed E-state index contributed by atoms with van der Waals surface area (Å²) in [4.78, 5) is 10.5. The summed E-state index contributed by atoms with van der Waals surface area (Å²) in [5, 5.41) is 21.7. The van der Waals surface area contributed by atoms with Gasteiger partial charge in [-0.2, -0.15) is 0 Å². The molecule has 0 saturated carbocycles. The Morgan fingerprint density at radius 2 is 2.14 bits per heavy atom. The SMILES string of the molecule is CC1(C)CC(Nc2ccc([N+](=O)[O-])c3nonc23)CCO1. The maximum Gasteiger partial charge on any atom is 0.300 e. The molecule has 0 amide bonds. The lowest BCUT2D eigenvalue weighted by Gasteiger charge is -2.36. The summed E-state index contributed by atoms with van der Waals surface area (Å²) in [7, 11) is 0. The molecule has 1 unspecified atom stereocenters. The monoisotopic (exact) mass is 292 g/mol. The number of benzene rings is 1. The summed E-state index contributed by atoms with van der Waals surface area (Å²) in [5.74, 6) is 0. The molecule has 2 heterocycles. The number of hydrogen-bond donors (Lipinski definition) is 1. The molecule has 3 rings (SSSR count). The molecular formula is C13H16N4O4. The van der Waals surface area contributed by atoms with Gasteiger partial charge in [0.2, 0.25) is 5.52 Å². The summed E-state index contributed by atoms with van der Waals surface area (Å²) in [6.45, 7) is 4.77. The molecule has 1 N–H and O–H groups in total. The van der Waals surface area contributed by atoms with Crippen LogP contribution in [0.4, 0.5) is 11.4 Å². The third-order valence-corrected chi connectivity index (χ3v) is 3.65. The van der Waals surface area contributed by atoms with Crippen molar-refractivity contribution < 1.29 is 14.3 Å². The quantitative estimate of drug-likeness (QED) is 0.684. The second-order valence-electron chi connectivity index (χ2n) is 5.79. The first-order valence-electron chi connectivity index (χ1n) is 6.76. The molecular weight excluding hydrogens is 276 g/mol. The first-order valence-corrected chi connectivity index (χ1v) is 6.76. The zero-order chi connectivity index (χ0) is 15.0. The van der Waals surface area contributed by atoms with Crippen molar-refractivity contribution in [1.82, 2.24) is 10.3 Å². The normalized spacial score (nSPS) is 21.3. The van der Waals surface area contributed by atoms with Crippen LogP contribution in [0.5, 0.6) is 0 Å². The molecule has 2 aromatic rings. The minimum Gasteiger partial charge on any atom is -0.380 e. The molecule has 1 aliphatic heterocycles. The third-order valence-electron chi connectivity index (χ3n) is 3.65. The molecule has 1 atom stereocenters. The van der Waals surface area contributed by atoms with E-state index in [1.807, 2.05) is 13.8 Å². The Morgan fingerprint density at radius 1 is 1.38 bits per heavy atom. The van der Waals surface area contributed by atoms with Crippen LogP contribution < -0.4 is 5.32 Å². The van der Waals surface area contributed by atoms with Crippen molar-refractivity contribution in [2.24, 2.45) is 0 Å². The fraction of sp³-hybridized carbons (Fsp3) is 0.538. The molecule has 0 spiro atoms. The number of aromatic nitrogens is 2. The van der Waals surface area contributed by atoms with Gasteiger partial charge in [0.15, 0.2) is 5.52 Å². The maximum absolute atomic E-state index is 11.0. The van der Waals surface area contributed by atoms with Crippen LogP contribution in [-0.2, 0) is 4.74 Å². The molecule has 8 heteroatoms. The van der Waals surface area contributed by atoms with E-state index in [1.54, 1.807) is 6.07 Å². The first kappa shape index (κ1) is 13.7. The van der Waals surface area contributed by atoms with E-state index in [4.69, 9.17) is 4.74 Å². The van der Waals surface area contributed by atoms with Crippen LogP contribution in [0, 0.1) is 10.1 Å². The average molecular weight is 292 g/mol. The highest BCUT2D eigenvalue weighted by Gasteiger charge is 2.29. The summed E-state index contributed by atoms with van der Waals surface area (Å²) < 4.78 is 10.3. The van der Waals surface area contributed by atoms with Gasteiger partial charge in [-0.3, -0.25) is 10.1 Å². The second-order valence-corrected chi connectivity index (χ2v) is 5.79. The fourth-order valence-electron chi connectivity index (χ4n) is 2.69. The highest BCUT2D eigenvalue weighted by molar-refractivity contribution is 5.93. The number of nitrogens with one attached hydrogen (secondary N) is 1. The Kier molecular flexibility index (Phi) is 3.25. The smallest absolute Gasteiger partial charge is 0.300 e. The highest BCUT2D eigenvalue weighted by Crippen LogP contribution is 2.32. The molecule has 8 nitrogen and oxygen atoms in total. The van der Waals surface area contributed by atoms with Gasteiger partial charge in [0.05, 0.1) is 16.2 Å². The van der Waals surface area contributed by atoms with E-state index < -0.39 is 4.92 Å². The van der Waals surface area contributed by atoms with Crippen molar-refractivity contribution >= 4 is 22.4 Å². The topological polar surface area (TPSA) is 103 Å². The molecule has 1 aromatic heterocycles. The Hall–Kier alpha value is -2.22. The van der Waals surface area contributed by atoms with Crippen LogP contribution in [-0.4, -0.2) is 33.5 Å². The molecule has 1 fully saturated rings. The van der Waals surface area contributed by atoms with Crippen molar-refractivity contribution in [2.75, 3.05) is 11.9 Å². The number of ether oxygens (including phenoxy) is 1. The van der Waals surface area contributed by atoms with E-state index in [0.29, 0.717) is 17.8 Å². The third kappa shape index (κ3) is 2.66. The predicted molar refractivity (Wildman–Crippen MR) is 75.1 cm³/mol. The summed E-state index contributed by atoms with van der Waals surface area (Å²) >= 11 is 0. The number of nitrogens with zero attached hydrogens (tertiary/aromatic N) is 3. The van der Waals surface area contributed by atoms with Crippen LogP contribution in [0.1, 0.15) is 26.7 Å². The van der Waals surface area contributed by atoms with Gasteiger partial charge >= 0.3 is 5.69 Å². The lowest BCUT2D eigenvalue weighted by molar-refractivity contribution is -0.383. The van der Waals surface area contributed by atoms with Crippen molar-refractivity contribution in [3.8, 4) is 0 Å². The molecule has 0 radical (unpaired) electrons. The zero-order valence-corrected chi connectivity index (χ0v) is 11.8. The molecule has 1 aliphatic rings. The number of hydrogen-bond acceptors (Lipinski definition) is 7. The van der Waals surface area contributed by atoms with Crippen LogP contribution >= 0.6 is 0 Å². The molecule has 112 valence electrons. The lowest BCUT2D eigenvalue weighted by atomic mass is 9.93. The van der Waals surface area contributed by atoms with E-state index in [2.05, 4.69) is 20.3 Å². The second kappa shape index (κ2) is 4.96. The van der Waals surface area contributed by atoms with E-state index in [0.717, 1.165) is 12.8 Å². The minimum absolute atomic E-state index is 0.107. The van der Waals surface area contributed by atoms with Gasteiger partial charge in [0.1, 0.15) is 0 Å². The lowest BCUT2D eigenvalue weighted by Crippen LogP contribution is -2.40. The standard InChI is InChI=1S/C13H16N4O4/c1-13(2)7-8(5-6-20-13)14-9-3-4-10(17(18)19)12-11(9)15-21-16-12/h3-4,8,14H,5-7H2,1-2H3. The fourth-order valence-corrected chi connectivity index (χ4v) is 2.69. The molecule has 21 heavy (non-hydrogen) atoms. The van der Waals surface area contributed by atoms with Gasteiger partial charge in [0, 0.05) is 18.7 Å². The predicted octanol–water partition coefficient (Wildman–Crippen LogP) is 2.50. The Bertz CT molecular complexity index is 682. The Balaban J connectivity index is 1.90. The van der Waals surface area contributed by atoms with E-state index in [1.165, 1.54) is 6.07 Å². The van der Waals surface area contributed by atoms with Gasteiger partial charge in [-0.1, -0.05) is 0 Å². The summed E-state index contributed by atoms with van der Waals surface area (Å²) in [6.07, 6.45) is 1.71. The Labute approximate surface area is 120 Å². The van der Waals surface area contributed by atoms with E-state index in [9.17, 15) is 10.1 Å². The van der Waals surface area contributed by atoms with E-state index in [-0.39, 0.29) is 22.8 Å². The van der Waals surface area contributed by atoms with Crippen LogP contribution in [0.2, 0.25) is 0 Å². The Morgan fingerprint density at radius 3 is 2.86 bits per heavy atom. The zero-order valence-electron chi connectivity index (χ0n) is 11.8. The minimum atomic E-state index is -0.492. The van der Waals surface area contributed by atoms with Gasteiger partial charge in [-0.05, 0) is 43.1 Å². The van der Waals surface area contributed by atoms with E-state index >= 15 is 0 Å². The largest absolute Gasteiger partial charge is 0.380 e. The van der Waals surface area contributed by atoms with Crippen molar-refractivity contribution in [2.45, 2.75) is 38.3 Å². The summed E-state index contributed by atoms with van der Waals surface area (Å²) in [5.41, 5.74) is 0.950. The van der Waals surface area contributed by atoms with Crippen LogP contribution in [0.25, 0.3) is 11.0 Å². The molecule has 0 bridgehead atoms. The van der Waals surface area contributed by atoms with Crippen molar-refractivity contribution in [3.05, 3.63) is 22.2 Å². The van der Waals surface area contributed by atoms with Gasteiger partial charge in [0.25, 0.3) is 0 Å². The number of nitro benzene ring substituents is 1. The average Bonchev–Trinajstić information content (AvgIpc) is 2.87. The number of anilines is 1. The van der Waals surface area contributed by atoms with Crippen molar-refractivity contribution in [1.29, 1.82) is 0 Å². The first-order chi connectivity index (χ1) is 9.96. The number of non-ortho nitro benzene ring substituents is 1. The van der Waals surface area contributed by atoms with Crippen LogP contribution in [0.15, 0.2) is 16.8 Å². The number of nitro groups is 1. The van der Waals surface area contributed by atoms with Crippen LogP contribution in [0.3, 0.4) is 0 Å². The van der Waals surface area contributed by atoms with Gasteiger partial charge in [-0.15, -0.1) is 0 Å². The maximum atomic E-state index is 11.0. The number of rotatable bonds is 3. The van der Waals surface area contributed by atoms with Gasteiger partial charge < -0.3 is 10.1 Å².